The Morgan fingerprint density at radius 1 is 1.36 bits per heavy atom. The second-order valence-corrected chi connectivity index (χ2v) is 4.03. The summed E-state index contributed by atoms with van der Waals surface area (Å²) in [6.07, 6.45) is 4.86. The van der Waals surface area contributed by atoms with Crippen molar-refractivity contribution in [2.75, 3.05) is 6.61 Å². The van der Waals surface area contributed by atoms with E-state index in [9.17, 15) is 8.42 Å². The van der Waals surface area contributed by atoms with Gasteiger partial charge in [0.05, 0.1) is 4.90 Å². The molecule has 0 unspecified atom stereocenters. The van der Waals surface area contributed by atoms with Crippen LogP contribution in [-0.2, 0) is 14.3 Å². The normalized spacial score (nSPS) is 10.8. The van der Waals surface area contributed by atoms with Gasteiger partial charge in [-0.2, -0.15) is 8.42 Å². The lowest BCUT2D eigenvalue weighted by Gasteiger charge is -2.02. The van der Waals surface area contributed by atoms with Crippen molar-refractivity contribution in [1.29, 1.82) is 0 Å². The minimum atomic E-state index is -3.79. The first-order chi connectivity index (χ1) is 6.56. The molecule has 5 heteroatoms. The van der Waals surface area contributed by atoms with Crippen LogP contribution in [0.4, 0.5) is 0 Å². The van der Waals surface area contributed by atoms with E-state index in [0.717, 1.165) is 0 Å². The maximum Gasteiger partial charge on any atom is 0.297 e. The second-order valence-electron chi connectivity index (χ2n) is 2.41. The number of phenols is 1. The molecule has 0 saturated carbocycles. The van der Waals surface area contributed by atoms with Gasteiger partial charge in [0.1, 0.15) is 12.4 Å². The minimum Gasteiger partial charge on any atom is -0.508 e. The van der Waals surface area contributed by atoms with Gasteiger partial charge in [-0.05, 0) is 24.3 Å². The molecule has 0 fully saturated rings. The predicted octanol–water partition coefficient (Wildman–Crippen LogP) is 0.731. The van der Waals surface area contributed by atoms with Crippen LogP contribution in [0.2, 0.25) is 0 Å². The van der Waals surface area contributed by atoms with Gasteiger partial charge in [-0.3, -0.25) is 4.18 Å². The van der Waals surface area contributed by atoms with E-state index in [0.29, 0.717) is 0 Å². The fourth-order valence-electron chi connectivity index (χ4n) is 0.792. The molecule has 1 aromatic carbocycles. The van der Waals surface area contributed by atoms with Gasteiger partial charge >= 0.3 is 0 Å². The summed E-state index contributed by atoms with van der Waals surface area (Å²) < 4.78 is 27.1. The van der Waals surface area contributed by atoms with Crippen molar-refractivity contribution in [1.82, 2.24) is 0 Å². The monoisotopic (exact) mass is 212 g/mol. The summed E-state index contributed by atoms with van der Waals surface area (Å²) in [5, 5.41) is 8.93. The van der Waals surface area contributed by atoms with E-state index in [1.807, 2.05) is 0 Å². The number of hydrogen-bond donors (Lipinski definition) is 1. The van der Waals surface area contributed by atoms with Gasteiger partial charge in [-0.25, -0.2) is 0 Å². The summed E-state index contributed by atoms with van der Waals surface area (Å²) in [6.45, 7) is -0.302. The standard InChI is InChI=1S/C9H8O4S/c1-2-7-13-14(11,12)9-5-3-8(10)4-6-9/h1,3-6,10H,7H2. The molecule has 0 aliphatic heterocycles. The molecule has 0 heterocycles. The number of aromatic hydroxyl groups is 1. The first kappa shape index (κ1) is 10.6. The smallest absolute Gasteiger partial charge is 0.297 e. The van der Waals surface area contributed by atoms with E-state index in [4.69, 9.17) is 11.5 Å². The van der Waals surface area contributed by atoms with Gasteiger partial charge in [0, 0.05) is 0 Å². The molecular formula is C9H8O4S. The van der Waals surface area contributed by atoms with Crippen LogP contribution in [0.1, 0.15) is 0 Å². The highest BCUT2D eigenvalue weighted by atomic mass is 32.2. The van der Waals surface area contributed by atoms with Gasteiger partial charge in [0.25, 0.3) is 10.1 Å². The van der Waals surface area contributed by atoms with Crippen molar-refractivity contribution in [3.05, 3.63) is 24.3 Å². The van der Waals surface area contributed by atoms with Crippen molar-refractivity contribution in [2.45, 2.75) is 4.90 Å². The van der Waals surface area contributed by atoms with Crippen molar-refractivity contribution < 1.29 is 17.7 Å². The highest BCUT2D eigenvalue weighted by Gasteiger charge is 2.13. The molecule has 0 atom stereocenters. The molecule has 1 aromatic rings. The van der Waals surface area contributed by atoms with Gasteiger partial charge in [0.15, 0.2) is 0 Å². The van der Waals surface area contributed by atoms with E-state index >= 15 is 0 Å². The van der Waals surface area contributed by atoms with Gasteiger partial charge < -0.3 is 5.11 Å². The number of hydrogen-bond acceptors (Lipinski definition) is 4. The Morgan fingerprint density at radius 3 is 2.43 bits per heavy atom. The third-order valence-corrected chi connectivity index (χ3v) is 2.70. The van der Waals surface area contributed by atoms with Crippen LogP contribution in [0.5, 0.6) is 5.75 Å². The first-order valence-corrected chi connectivity index (χ1v) is 5.09. The molecule has 0 saturated heterocycles. The van der Waals surface area contributed by atoms with E-state index < -0.39 is 10.1 Å². The molecule has 0 aliphatic carbocycles. The SMILES string of the molecule is C#CCOS(=O)(=O)c1ccc(O)cc1. The largest absolute Gasteiger partial charge is 0.508 e. The zero-order chi connectivity index (χ0) is 10.6. The van der Waals surface area contributed by atoms with Crippen LogP contribution >= 0.6 is 0 Å². The lowest BCUT2D eigenvalue weighted by molar-refractivity contribution is 0.363. The van der Waals surface area contributed by atoms with Gasteiger partial charge in [-0.15, -0.1) is 6.42 Å². The zero-order valence-corrected chi connectivity index (χ0v) is 7.99. The van der Waals surface area contributed by atoms with Crippen LogP contribution in [0.15, 0.2) is 29.2 Å². The summed E-state index contributed by atoms with van der Waals surface area (Å²) in [4.78, 5) is -0.0365. The molecule has 0 bridgehead atoms. The second kappa shape index (κ2) is 4.13. The predicted molar refractivity (Wildman–Crippen MR) is 50.1 cm³/mol. The summed E-state index contributed by atoms with van der Waals surface area (Å²) in [6, 6.07) is 4.99. The summed E-state index contributed by atoms with van der Waals surface area (Å²) in [5.41, 5.74) is 0. The van der Waals surface area contributed by atoms with Crippen LogP contribution in [0.3, 0.4) is 0 Å². The average Bonchev–Trinajstić information content (AvgIpc) is 2.16. The van der Waals surface area contributed by atoms with Crippen molar-refractivity contribution >= 4 is 10.1 Å². The van der Waals surface area contributed by atoms with Crippen LogP contribution in [0, 0.1) is 12.3 Å². The van der Waals surface area contributed by atoms with Crippen molar-refractivity contribution in [3.63, 3.8) is 0 Å². The topological polar surface area (TPSA) is 63.6 Å². The summed E-state index contributed by atoms with van der Waals surface area (Å²) in [5.74, 6) is 2.04. The zero-order valence-electron chi connectivity index (χ0n) is 7.17. The van der Waals surface area contributed by atoms with E-state index in [1.165, 1.54) is 24.3 Å². The lowest BCUT2D eigenvalue weighted by Crippen LogP contribution is -2.06. The van der Waals surface area contributed by atoms with E-state index in [2.05, 4.69) is 10.1 Å². The molecule has 14 heavy (non-hydrogen) atoms. The van der Waals surface area contributed by atoms with Crippen LogP contribution in [-0.4, -0.2) is 20.1 Å². The van der Waals surface area contributed by atoms with E-state index in [-0.39, 0.29) is 17.3 Å². The highest BCUT2D eigenvalue weighted by Crippen LogP contribution is 2.15. The first-order valence-electron chi connectivity index (χ1n) is 3.68. The lowest BCUT2D eigenvalue weighted by atomic mass is 10.3. The Hall–Kier alpha value is -1.51. The molecule has 74 valence electrons. The maximum absolute atomic E-state index is 11.3. The Labute approximate surface area is 82.3 Å². The molecule has 1 rings (SSSR count). The molecule has 0 radical (unpaired) electrons. The summed E-state index contributed by atoms with van der Waals surface area (Å²) >= 11 is 0. The fourth-order valence-corrected chi connectivity index (χ4v) is 1.62. The number of rotatable bonds is 3. The molecule has 1 N–H and O–H groups in total. The fraction of sp³-hybridized carbons (Fsp3) is 0.111. The maximum atomic E-state index is 11.3. The highest BCUT2D eigenvalue weighted by molar-refractivity contribution is 7.86. The van der Waals surface area contributed by atoms with Crippen molar-refractivity contribution in [3.8, 4) is 18.1 Å². The Bertz CT molecular complexity index is 439. The molecule has 0 amide bonds. The number of phenolic OH excluding ortho intramolecular Hbond substituents is 1. The van der Waals surface area contributed by atoms with Crippen LogP contribution in [0.25, 0.3) is 0 Å². The number of terminal acetylenes is 1. The molecule has 4 nitrogen and oxygen atoms in total. The third kappa shape index (κ3) is 2.49. The van der Waals surface area contributed by atoms with Gasteiger partial charge in [-0.1, -0.05) is 5.92 Å². The third-order valence-electron chi connectivity index (χ3n) is 1.42. The van der Waals surface area contributed by atoms with Crippen molar-refractivity contribution in [2.24, 2.45) is 0 Å². The number of benzene rings is 1. The summed E-state index contributed by atoms with van der Waals surface area (Å²) in [7, 11) is -3.79. The van der Waals surface area contributed by atoms with Gasteiger partial charge in [0.2, 0.25) is 0 Å². The average molecular weight is 212 g/mol. The minimum absolute atomic E-state index is 0.0131. The van der Waals surface area contributed by atoms with Crippen LogP contribution < -0.4 is 0 Å². The Morgan fingerprint density at radius 2 is 1.93 bits per heavy atom. The molecule has 0 aliphatic rings. The molecule has 0 spiro atoms. The Kier molecular flexibility index (Phi) is 3.12. The Balaban J connectivity index is 2.94. The quantitative estimate of drug-likeness (QED) is 0.592. The molecular weight excluding hydrogens is 204 g/mol. The molecule has 0 aromatic heterocycles. The van der Waals surface area contributed by atoms with E-state index in [1.54, 1.807) is 0 Å².